The molecule has 182 valence electrons. The number of carbonyl (C=O) groups is 1. The Morgan fingerprint density at radius 1 is 1.11 bits per heavy atom. The fourth-order valence-corrected chi connectivity index (χ4v) is 6.96. The lowest BCUT2D eigenvalue weighted by molar-refractivity contribution is -0.113. The molecule has 6 rings (SSSR count). The second-order valence-electron chi connectivity index (χ2n) is 8.78. The molecule has 0 fully saturated rings. The minimum Gasteiger partial charge on any atom is -0.325 e. The number of para-hydroxylation sites is 1. The molecular weight excluding hydrogens is 514 g/mol. The highest BCUT2D eigenvalue weighted by Crippen LogP contribution is 2.36. The van der Waals surface area contributed by atoms with Gasteiger partial charge in [-0.05, 0) is 74.1 Å². The zero-order valence-electron chi connectivity index (χ0n) is 19.5. The van der Waals surface area contributed by atoms with Crippen LogP contribution >= 0.6 is 34.7 Å². The minimum absolute atomic E-state index is 0.0968. The van der Waals surface area contributed by atoms with Gasteiger partial charge in [-0.2, -0.15) is 0 Å². The van der Waals surface area contributed by atoms with Gasteiger partial charge in [-0.3, -0.25) is 9.59 Å². The van der Waals surface area contributed by atoms with Gasteiger partial charge >= 0.3 is 0 Å². The predicted octanol–water partition coefficient (Wildman–Crippen LogP) is 5.67. The van der Waals surface area contributed by atoms with Crippen molar-refractivity contribution >= 4 is 62.3 Å². The molecule has 3 aromatic heterocycles. The SMILES string of the molecule is Cc1ccccc1NC(=O)CSc1nnc2n(-c3ccc(Cl)cc3)c(=O)c3c4c(sc3n12)CCCC4. The van der Waals surface area contributed by atoms with Gasteiger partial charge in [-0.15, -0.1) is 21.5 Å². The molecule has 0 saturated carbocycles. The van der Waals surface area contributed by atoms with Crippen LogP contribution in [0.2, 0.25) is 5.02 Å². The molecule has 0 aliphatic heterocycles. The number of halogens is 1. The summed E-state index contributed by atoms with van der Waals surface area (Å²) in [5.74, 6) is 0.468. The summed E-state index contributed by atoms with van der Waals surface area (Å²) in [6.45, 7) is 1.96. The Morgan fingerprint density at radius 2 is 1.89 bits per heavy atom. The van der Waals surface area contributed by atoms with E-state index in [4.69, 9.17) is 11.6 Å². The number of nitrogens with zero attached hydrogens (tertiary/aromatic N) is 4. The van der Waals surface area contributed by atoms with E-state index in [2.05, 4.69) is 15.5 Å². The zero-order valence-corrected chi connectivity index (χ0v) is 21.8. The molecule has 3 heterocycles. The van der Waals surface area contributed by atoms with Crippen molar-refractivity contribution in [1.82, 2.24) is 19.2 Å². The maximum Gasteiger partial charge on any atom is 0.268 e. The highest BCUT2D eigenvalue weighted by Gasteiger charge is 2.25. The fourth-order valence-electron chi connectivity index (χ4n) is 4.66. The van der Waals surface area contributed by atoms with E-state index in [0.29, 0.717) is 21.6 Å². The summed E-state index contributed by atoms with van der Waals surface area (Å²) in [5, 5.41) is 13.7. The normalized spacial score (nSPS) is 13.3. The Bertz CT molecular complexity index is 1690. The van der Waals surface area contributed by atoms with Gasteiger partial charge in [-0.1, -0.05) is 41.6 Å². The van der Waals surface area contributed by atoms with Crippen molar-refractivity contribution in [3.63, 3.8) is 0 Å². The third kappa shape index (κ3) is 4.01. The first-order valence-corrected chi connectivity index (χ1v) is 13.9. The van der Waals surface area contributed by atoms with Crippen LogP contribution in [-0.2, 0) is 17.6 Å². The fraction of sp³-hybridized carbons (Fsp3) is 0.231. The zero-order chi connectivity index (χ0) is 24.8. The summed E-state index contributed by atoms with van der Waals surface area (Å²) >= 11 is 9.06. The smallest absolute Gasteiger partial charge is 0.268 e. The molecule has 0 spiro atoms. The summed E-state index contributed by atoms with van der Waals surface area (Å²) < 4.78 is 3.53. The number of hydrogen-bond donors (Lipinski definition) is 1. The summed E-state index contributed by atoms with van der Waals surface area (Å²) in [4.78, 5) is 28.7. The Hall–Kier alpha value is -3.14. The van der Waals surface area contributed by atoms with Crippen LogP contribution in [0.15, 0.2) is 58.5 Å². The summed E-state index contributed by atoms with van der Waals surface area (Å²) in [7, 11) is 0. The molecule has 5 aromatic rings. The van der Waals surface area contributed by atoms with Crippen molar-refractivity contribution in [2.75, 3.05) is 11.1 Å². The highest BCUT2D eigenvalue weighted by atomic mass is 35.5. The molecule has 0 radical (unpaired) electrons. The van der Waals surface area contributed by atoms with Crippen LogP contribution in [0.5, 0.6) is 0 Å². The molecule has 0 bridgehead atoms. The van der Waals surface area contributed by atoms with E-state index < -0.39 is 0 Å². The molecule has 0 unspecified atom stereocenters. The van der Waals surface area contributed by atoms with Crippen molar-refractivity contribution < 1.29 is 4.79 Å². The number of thioether (sulfide) groups is 1. The molecule has 0 saturated heterocycles. The lowest BCUT2D eigenvalue weighted by Crippen LogP contribution is -2.22. The lowest BCUT2D eigenvalue weighted by Gasteiger charge is -2.12. The average Bonchev–Trinajstić information content (AvgIpc) is 3.47. The monoisotopic (exact) mass is 535 g/mol. The standard InChI is InChI=1S/C26H22ClN5O2S2/c1-15-6-2-4-8-19(15)28-21(33)14-35-26-30-29-25-31(17-12-10-16(27)11-13-17)23(34)22-18-7-3-5-9-20(18)36-24(22)32(25)26/h2,4,6,8,10-13H,3,5,7,9,14H2,1H3,(H,28,33). The number of rotatable bonds is 5. The Balaban J connectivity index is 1.46. The number of hydrogen-bond acceptors (Lipinski definition) is 6. The molecule has 36 heavy (non-hydrogen) atoms. The topological polar surface area (TPSA) is 81.3 Å². The van der Waals surface area contributed by atoms with Gasteiger partial charge in [0.2, 0.25) is 11.7 Å². The molecule has 2 aromatic carbocycles. The molecular formula is C26H22ClN5O2S2. The second-order valence-corrected chi connectivity index (χ2v) is 11.2. The molecule has 1 aliphatic rings. The van der Waals surface area contributed by atoms with Gasteiger partial charge in [0.05, 0.1) is 16.8 Å². The van der Waals surface area contributed by atoms with E-state index in [-0.39, 0.29) is 17.2 Å². The van der Waals surface area contributed by atoms with Crippen LogP contribution in [-0.4, -0.2) is 30.8 Å². The van der Waals surface area contributed by atoms with E-state index in [0.717, 1.165) is 52.7 Å². The number of anilines is 1. The van der Waals surface area contributed by atoms with Gasteiger partial charge in [0.15, 0.2) is 5.16 Å². The van der Waals surface area contributed by atoms with Crippen molar-refractivity contribution in [3.8, 4) is 5.69 Å². The second kappa shape index (κ2) is 9.38. The Labute approximate surface area is 220 Å². The number of thiophene rings is 1. The van der Waals surface area contributed by atoms with Crippen LogP contribution in [0.25, 0.3) is 21.7 Å². The summed E-state index contributed by atoms with van der Waals surface area (Å²) in [6, 6.07) is 14.8. The van der Waals surface area contributed by atoms with Crippen LogP contribution in [0.1, 0.15) is 28.8 Å². The minimum atomic E-state index is -0.126. The Morgan fingerprint density at radius 3 is 2.69 bits per heavy atom. The third-order valence-electron chi connectivity index (χ3n) is 6.43. The summed E-state index contributed by atoms with van der Waals surface area (Å²) in [5.41, 5.74) is 3.51. The van der Waals surface area contributed by atoms with E-state index >= 15 is 0 Å². The van der Waals surface area contributed by atoms with Crippen LogP contribution in [0, 0.1) is 6.92 Å². The van der Waals surface area contributed by atoms with Crippen LogP contribution in [0.4, 0.5) is 5.69 Å². The van der Waals surface area contributed by atoms with Gasteiger partial charge in [0, 0.05) is 15.6 Å². The summed E-state index contributed by atoms with van der Waals surface area (Å²) in [6.07, 6.45) is 4.05. The van der Waals surface area contributed by atoms with Crippen LogP contribution in [0.3, 0.4) is 0 Å². The first-order valence-electron chi connectivity index (χ1n) is 11.7. The van der Waals surface area contributed by atoms with E-state index in [9.17, 15) is 9.59 Å². The highest BCUT2D eigenvalue weighted by molar-refractivity contribution is 7.99. The number of nitrogens with one attached hydrogen (secondary N) is 1. The van der Waals surface area contributed by atoms with E-state index in [1.54, 1.807) is 28.0 Å². The Kier molecular flexibility index (Phi) is 6.07. The van der Waals surface area contributed by atoms with E-state index in [1.807, 2.05) is 47.7 Å². The molecule has 7 nitrogen and oxygen atoms in total. The number of benzene rings is 2. The number of amides is 1. The van der Waals surface area contributed by atoms with Crippen molar-refractivity contribution in [2.45, 2.75) is 37.8 Å². The molecule has 10 heteroatoms. The predicted molar refractivity (Wildman–Crippen MR) is 146 cm³/mol. The van der Waals surface area contributed by atoms with Crippen molar-refractivity contribution in [3.05, 3.63) is 79.9 Å². The largest absolute Gasteiger partial charge is 0.325 e. The number of aromatic nitrogens is 4. The maximum absolute atomic E-state index is 13.9. The molecule has 1 amide bonds. The van der Waals surface area contributed by atoms with Gasteiger partial charge in [0.1, 0.15) is 4.83 Å². The van der Waals surface area contributed by atoms with E-state index in [1.165, 1.54) is 16.6 Å². The molecule has 1 aliphatic carbocycles. The number of aryl methyl sites for hydroxylation is 3. The molecule has 0 atom stereocenters. The average molecular weight is 536 g/mol. The van der Waals surface area contributed by atoms with Gasteiger partial charge < -0.3 is 5.32 Å². The number of fused-ring (bicyclic) bond motifs is 5. The van der Waals surface area contributed by atoms with Crippen molar-refractivity contribution in [1.29, 1.82) is 0 Å². The first-order chi connectivity index (χ1) is 17.5. The van der Waals surface area contributed by atoms with Crippen molar-refractivity contribution in [2.24, 2.45) is 0 Å². The number of carbonyl (C=O) groups excluding carboxylic acids is 1. The quantitative estimate of drug-likeness (QED) is 0.293. The maximum atomic E-state index is 13.9. The van der Waals surface area contributed by atoms with Gasteiger partial charge in [0.25, 0.3) is 5.56 Å². The van der Waals surface area contributed by atoms with Crippen LogP contribution < -0.4 is 10.9 Å². The first kappa shape index (κ1) is 23.3. The third-order valence-corrected chi connectivity index (χ3v) is 8.88. The lowest BCUT2D eigenvalue weighted by atomic mass is 9.97. The molecule has 1 N–H and O–H groups in total. The van der Waals surface area contributed by atoms with Gasteiger partial charge in [-0.25, -0.2) is 8.97 Å².